The van der Waals surface area contributed by atoms with E-state index < -0.39 is 5.97 Å². The lowest BCUT2D eigenvalue weighted by molar-refractivity contribution is -0.138. The van der Waals surface area contributed by atoms with Crippen LogP contribution in [0.1, 0.15) is 12.0 Å². The van der Waals surface area contributed by atoms with Crippen LogP contribution in [0.15, 0.2) is 24.3 Å². The molecule has 0 bridgehead atoms. The summed E-state index contributed by atoms with van der Waals surface area (Å²) in [5.41, 5.74) is 0.957. The standard InChI is InChI=1S/C13H17NO4/c1-10-5-3-4-6-11(10)18-9-12(15)14(2)8-7-13(16)17/h3-6H,7-9H2,1-2H3,(H,16,17). The first-order valence-corrected chi connectivity index (χ1v) is 5.65. The maximum absolute atomic E-state index is 11.6. The Hall–Kier alpha value is -2.04. The van der Waals surface area contributed by atoms with Crippen LogP contribution in [0.25, 0.3) is 0 Å². The molecular weight excluding hydrogens is 234 g/mol. The van der Waals surface area contributed by atoms with Crippen LogP contribution >= 0.6 is 0 Å². The third kappa shape index (κ3) is 4.45. The molecule has 98 valence electrons. The van der Waals surface area contributed by atoms with Gasteiger partial charge >= 0.3 is 5.97 Å². The summed E-state index contributed by atoms with van der Waals surface area (Å²) in [6, 6.07) is 7.41. The van der Waals surface area contributed by atoms with Gasteiger partial charge in [0.1, 0.15) is 5.75 Å². The fourth-order valence-corrected chi connectivity index (χ4v) is 1.36. The van der Waals surface area contributed by atoms with Gasteiger partial charge in [0, 0.05) is 13.6 Å². The van der Waals surface area contributed by atoms with Gasteiger partial charge < -0.3 is 14.7 Å². The van der Waals surface area contributed by atoms with E-state index in [0.717, 1.165) is 5.56 Å². The first kappa shape index (κ1) is 14.0. The summed E-state index contributed by atoms with van der Waals surface area (Å²) in [6.07, 6.45) is -0.0629. The van der Waals surface area contributed by atoms with Crippen LogP contribution < -0.4 is 4.74 Å². The zero-order chi connectivity index (χ0) is 13.5. The van der Waals surface area contributed by atoms with Crippen molar-refractivity contribution in [2.24, 2.45) is 0 Å². The van der Waals surface area contributed by atoms with Crippen LogP contribution in [0.2, 0.25) is 0 Å². The number of amides is 1. The summed E-state index contributed by atoms with van der Waals surface area (Å²) in [5, 5.41) is 8.52. The van der Waals surface area contributed by atoms with Crippen LogP contribution in [0.3, 0.4) is 0 Å². The first-order chi connectivity index (χ1) is 8.50. The van der Waals surface area contributed by atoms with Crippen molar-refractivity contribution in [2.45, 2.75) is 13.3 Å². The number of carbonyl (C=O) groups excluding carboxylic acids is 1. The van der Waals surface area contributed by atoms with Gasteiger partial charge in [-0.15, -0.1) is 0 Å². The molecule has 0 aliphatic heterocycles. The summed E-state index contributed by atoms with van der Waals surface area (Å²) in [5.74, 6) is -0.494. The van der Waals surface area contributed by atoms with E-state index in [1.165, 1.54) is 4.90 Å². The number of hydrogen-bond acceptors (Lipinski definition) is 3. The maximum Gasteiger partial charge on any atom is 0.305 e. The zero-order valence-electron chi connectivity index (χ0n) is 10.5. The minimum absolute atomic E-state index is 0.0629. The van der Waals surface area contributed by atoms with Crippen LogP contribution in [-0.2, 0) is 9.59 Å². The number of nitrogens with zero attached hydrogens (tertiary/aromatic N) is 1. The Balaban J connectivity index is 2.41. The normalized spacial score (nSPS) is 9.89. The van der Waals surface area contributed by atoms with Gasteiger partial charge in [0.05, 0.1) is 6.42 Å². The second-order valence-corrected chi connectivity index (χ2v) is 4.01. The molecular formula is C13H17NO4. The van der Waals surface area contributed by atoms with Gasteiger partial charge in [-0.25, -0.2) is 0 Å². The Morgan fingerprint density at radius 2 is 2.00 bits per heavy atom. The largest absolute Gasteiger partial charge is 0.484 e. The topological polar surface area (TPSA) is 66.8 Å². The Labute approximate surface area is 106 Å². The van der Waals surface area contributed by atoms with Gasteiger partial charge in [0.2, 0.25) is 0 Å². The summed E-state index contributed by atoms with van der Waals surface area (Å²) in [4.78, 5) is 23.4. The van der Waals surface area contributed by atoms with Gasteiger partial charge in [0.15, 0.2) is 6.61 Å². The average molecular weight is 251 g/mol. The molecule has 0 aromatic heterocycles. The van der Waals surface area contributed by atoms with Crippen LogP contribution in [0, 0.1) is 6.92 Å². The number of likely N-dealkylation sites (N-methyl/N-ethyl adjacent to an activating group) is 1. The van der Waals surface area contributed by atoms with E-state index in [4.69, 9.17) is 9.84 Å². The van der Waals surface area contributed by atoms with Gasteiger partial charge in [-0.2, -0.15) is 0 Å². The number of para-hydroxylation sites is 1. The highest BCUT2D eigenvalue weighted by atomic mass is 16.5. The second-order valence-electron chi connectivity index (χ2n) is 4.01. The predicted molar refractivity (Wildman–Crippen MR) is 66.6 cm³/mol. The number of carbonyl (C=O) groups is 2. The Bertz CT molecular complexity index is 431. The summed E-state index contributed by atoms with van der Waals surface area (Å²) in [7, 11) is 1.56. The minimum Gasteiger partial charge on any atom is -0.484 e. The number of rotatable bonds is 6. The summed E-state index contributed by atoms with van der Waals surface area (Å²) in [6.45, 7) is 2.00. The van der Waals surface area contributed by atoms with Gasteiger partial charge in [-0.3, -0.25) is 9.59 Å². The number of aliphatic carboxylic acids is 1. The van der Waals surface area contributed by atoms with E-state index in [2.05, 4.69) is 0 Å². The molecule has 0 fully saturated rings. The maximum atomic E-state index is 11.6. The van der Waals surface area contributed by atoms with E-state index in [0.29, 0.717) is 5.75 Å². The number of ether oxygens (including phenoxy) is 1. The first-order valence-electron chi connectivity index (χ1n) is 5.65. The molecule has 0 saturated heterocycles. The minimum atomic E-state index is -0.922. The molecule has 0 spiro atoms. The van der Waals surface area contributed by atoms with E-state index in [1.54, 1.807) is 13.1 Å². The molecule has 0 atom stereocenters. The lowest BCUT2D eigenvalue weighted by Crippen LogP contribution is -2.33. The molecule has 1 N–H and O–H groups in total. The van der Waals surface area contributed by atoms with E-state index >= 15 is 0 Å². The Morgan fingerprint density at radius 3 is 2.61 bits per heavy atom. The number of carboxylic acid groups (broad SMARTS) is 1. The number of hydrogen-bond donors (Lipinski definition) is 1. The molecule has 1 aromatic carbocycles. The van der Waals surface area contributed by atoms with Crippen LogP contribution in [-0.4, -0.2) is 42.1 Å². The van der Waals surface area contributed by atoms with Crippen molar-refractivity contribution in [3.63, 3.8) is 0 Å². The molecule has 0 heterocycles. The fraction of sp³-hybridized carbons (Fsp3) is 0.385. The van der Waals surface area contributed by atoms with Crippen molar-refractivity contribution in [3.05, 3.63) is 29.8 Å². The third-order valence-corrected chi connectivity index (χ3v) is 2.53. The molecule has 5 nitrogen and oxygen atoms in total. The van der Waals surface area contributed by atoms with Crippen molar-refractivity contribution in [3.8, 4) is 5.75 Å². The molecule has 0 aliphatic rings. The predicted octanol–water partition coefficient (Wildman–Crippen LogP) is 1.31. The average Bonchev–Trinajstić information content (AvgIpc) is 2.34. The molecule has 0 aliphatic carbocycles. The van der Waals surface area contributed by atoms with Gasteiger partial charge in [0.25, 0.3) is 5.91 Å². The lowest BCUT2D eigenvalue weighted by Gasteiger charge is -2.16. The van der Waals surface area contributed by atoms with Crippen molar-refractivity contribution in [1.82, 2.24) is 4.90 Å². The van der Waals surface area contributed by atoms with Crippen molar-refractivity contribution >= 4 is 11.9 Å². The molecule has 0 radical (unpaired) electrons. The number of carboxylic acids is 1. The van der Waals surface area contributed by atoms with Crippen molar-refractivity contribution in [2.75, 3.05) is 20.2 Å². The molecule has 1 aromatic rings. The van der Waals surface area contributed by atoms with E-state index in [1.807, 2.05) is 25.1 Å². The second kappa shape index (κ2) is 6.64. The van der Waals surface area contributed by atoms with Gasteiger partial charge in [-0.05, 0) is 18.6 Å². The molecule has 1 amide bonds. The van der Waals surface area contributed by atoms with E-state index in [9.17, 15) is 9.59 Å². The highest BCUT2D eigenvalue weighted by molar-refractivity contribution is 5.78. The zero-order valence-corrected chi connectivity index (χ0v) is 10.5. The quantitative estimate of drug-likeness (QED) is 0.827. The molecule has 1 rings (SSSR count). The van der Waals surface area contributed by atoms with Crippen molar-refractivity contribution in [1.29, 1.82) is 0 Å². The number of benzene rings is 1. The summed E-state index contributed by atoms with van der Waals surface area (Å²) < 4.78 is 5.39. The van der Waals surface area contributed by atoms with Crippen LogP contribution in [0.4, 0.5) is 0 Å². The SMILES string of the molecule is Cc1ccccc1OCC(=O)N(C)CCC(=O)O. The smallest absolute Gasteiger partial charge is 0.305 e. The van der Waals surface area contributed by atoms with Gasteiger partial charge in [-0.1, -0.05) is 18.2 Å². The lowest BCUT2D eigenvalue weighted by atomic mass is 10.2. The van der Waals surface area contributed by atoms with Crippen molar-refractivity contribution < 1.29 is 19.4 Å². The highest BCUT2D eigenvalue weighted by Crippen LogP contribution is 2.15. The molecule has 0 saturated carbocycles. The Morgan fingerprint density at radius 1 is 1.33 bits per heavy atom. The Kier molecular flexibility index (Phi) is 5.17. The molecule has 18 heavy (non-hydrogen) atoms. The molecule has 5 heteroatoms. The molecule has 0 unspecified atom stereocenters. The fourth-order valence-electron chi connectivity index (χ4n) is 1.36. The third-order valence-electron chi connectivity index (χ3n) is 2.53. The highest BCUT2D eigenvalue weighted by Gasteiger charge is 2.11. The number of aryl methyl sites for hydroxylation is 1. The monoisotopic (exact) mass is 251 g/mol. The van der Waals surface area contributed by atoms with Crippen LogP contribution in [0.5, 0.6) is 5.75 Å². The summed E-state index contributed by atoms with van der Waals surface area (Å²) >= 11 is 0. The van der Waals surface area contributed by atoms with E-state index in [-0.39, 0.29) is 25.5 Å².